The Morgan fingerprint density at radius 1 is 1.47 bits per heavy atom. The Balaban J connectivity index is 2.18. The van der Waals surface area contributed by atoms with E-state index in [-0.39, 0.29) is 12.5 Å². The SMILES string of the molecule is CC1(C(=O)O)CCN(C(=O)c2ccc(I)c(Cl)c2)C1. The van der Waals surface area contributed by atoms with Crippen molar-refractivity contribution in [1.82, 2.24) is 4.90 Å². The zero-order chi connectivity index (χ0) is 14.2. The van der Waals surface area contributed by atoms with E-state index in [1.807, 2.05) is 0 Å². The molecule has 102 valence electrons. The van der Waals surface area contributed by atoms with Crippen molar-refractivity contribution in [3.63, 3.8) is 0 Å². The van der Waals surface area contributed by atoms with Gasteiger partial charge in [-0.1, -0.05) is 11.6 Å². The van der Waals surface area contributed by atoms with Gasteiger partial charge >= 0.3 is 5.97 Å². The van der Waals surface area contributed by atoms with Crippen molar-refractivity contribution < 1.29 is 14.7 Å². The van der Waals surface area contributed by atoms with Crippen LogP contribution in [0.4, 0.5) is 0 Å². The Labute approximate surface area is 129 Å². The molecule has 1 amide bonds. The van der Waals surface area contributed by atoms with Crippen LogP contribution in [0.15, 0.2) is 18.2 Å². The van der Waals surface area contributed by atoms with E-state index in [1.165, 1.54) is 0 Å². The van der Waals surface area contributed by atoms with Crippen LogP contribution in [0.25, 0.3) is 0 Å². The molecule has 0 saturated carbocycles. The summed E-state index contributed by atoms with van der Waals surface area (Å²) in [6.07, 6.45) is 0.478. The van der Waals surface area contributed by atoms with Crippen molar-refractivity contribution >= 4 is 46.1 Å². The number of nitrogens with zero attached hydrogens (tertiary/aromatic N) is 1. The van der Waals surface area contributed by atoms with Gasteiger partial charge in [-0.15, -0.1) is 0 Å². The quantitative estimate of drug-likeness (QED) is 0.786. The second-order valence-electron chi connectivity index (χ2n) is 4.97. The number of aliphatic carboxylic acids is 1. The number of amides is 1. The van der Waals surface area contributed by atoms with E-state index >= 15 is 0 Å². The van der Waals surface area contributed by atoms with E-state index in [2.05, 4.69) is 22.6 Å². The molecule has 1 unspecified atom stereocenters. The fourth-order valence-corrected chi connectivity index (χ4v) is 2.64. The standard InChI is InChI=1S/C13H13ClINO3/c1-13(12(18)19)4-5-16(7-13)11(17)8-2-3-10(15)9(14)6-8/h2-3,6H,4-5,7H2,1H3,(H,18,19). The molecule has 2 rings (SSSR count). The van der Waals surface area contributed by atoms with Crippen molar-refractivity contribution in [2.45, 2.75) is 13.3 Å². The van der Waals surface area contributed by atoms with Crippen LogP contribution in [0.2, 0.25) is 5.02 Å². The molecule has 1 heterocycles. The molecule has 1 atom stereocenters. The van der Waals surface area contributed by atoms with E-state index in [9.17, 15) is 9.59 Å². The van der Waals surface area contributed by atoms with Gasteiger partial charge in [-0.25, -0.2) is 0 Å². The lowest BCUT2D eigenvalue weighted by Crippen LogP contribution is -2.34. The second kappa shape index (κ2) is 5.28. The van der Waals surface area contributed by atoms with Crippen molar-refractivity contribution in [1.29, 1.82) is 0 Å². The number of carboxylic acids is 1. The van der Waals surface area contributed by atoms with Gasteiger partial charge in [0, 0.05) is 22.2 Å². The Hall–Kier alpha value is -0.820. The van der Waals surface area contributed by atoms with Gasteiger partial charge in [0.15, 0.2) is 0 Å². The average molecular weight is 394 g/mol. The van der Waals surface area contributed by atoms with Crippen LogP contribution >= 0.6 is 34.2 Å². The molecular formula is C13H13ClINO3. The first-order valence-electron chi connectivity index (χ1n) is 5.81. The summed E-state index contributed by atoms with van der Waals surface area (Å²) in [5.41, 5.74) is -0.345. The number of carboxylic acid groups (broad SMARTS) is 1. The second-order valence-corrected chi connectivity index (χ2v) is 6.54. The number of likely N-dealkylation sites (tertiary alicyclic amines) is 1. The summed E-state index contributed by atoms with van der Waals surface area (Å²) in [6, 6.07) is 5.12. The fraction of sp³-hybridized carbons (Fsp3) is 0.385. The first kappa shape index (κ1) is 14.6. The highest BCUT2D eigenvalue weighted by Gasteiger charge is 2.42. The van der Waals surface area contributed by atoms with Crippen LogP contribution in [0.1, 0.15) is 23.7 Å². The zero-order valence-corrected chi connectivity index (χ0v) is 13.2. The molecule has 19 heavy (non-hydrogen) atoms. The lowest BCUT2D eigenvalue weighted by Gasteiger charge is -2.20. The number of halogens is 2. The van der Waals surface area contributed by atoms with Crippen LogP contribution in [0.5, 0.6) is 0 Å². The van der Waals surface area contributed by atoms with E-state index in [0.29, 0.717) is 23.6 Å². The minimum atomic E-state index is -0.858. The molecule has 0 bridgehead atoms. The largest absolute Gasteiger partial charge is 0.481 e. The number of hydrogen-bond acceptors (Lipinski definition) is 2. The molecule has 1 aromatic carbocycles. The smallest absolute Gasteiger partial charge is 0.311 e. The highest BCUT2D eigenvalue weighted by atomic mass is 127. The summed E-state index contributed by atoms with van der Waals surface area (Å²) in [4.78, 5) is 25.0. The Morgan fingerprint density at radius 3 is 2.68 bits per heavy atom. The van der Waals surface area contributed by atoms with Crippen molar-refractivity contribution in [3.05, 3.63) is 32.4 Å². The van der Waals surface area contributed by atoms with Gasteiger partial charge in [-0.2, -0.15) is 0 Å². The number of carbonyl (C=O) groups excluding carboxylic acids is 1. The summed E-state index contributed by atoms with van der Waals surface area (Å²) in [5.74, 6) is -1.02. The number of rotatable bonds is 2. The first-order valence-corrected chi connectivity index (χ1v) is 7.27. The summed E-state index contributed by atoms with van der Waals surface area (Å²) in [7, 11) is 0. The molecule has 1 aliphatic rings. The maximum atomic E-state index is 12.3. The van der Waals surface area contributed by atoms with Crippen molar-refractivity contribution in [2.24, 2.45) is 5.41 Å². The minimum absolute atomic E-state index is 0.164. The topological polar surface area (TPSA) is 57.6 Å². The summed E-state index contributed by atoms with van der Waals surface area (Å²) in [6.45, 7) is 2.37. The van der Waals surface area contributed by atoms with Crippen LogP contribution in [-0.2, 0) is 4.79 Å². The van der Waals surface area contributed by atoms with Gasteiger partial charge in [0.2, 0.25) is 0 Å². The van der Waals surface area contributed by atoms with Gasteiger partial charge in [0.05, 0.1) is 10.4 Å². The van der Waals surface area contributed by atoms with E-state index in [0.717, 1.165) is 3.57 Å². The third-order valence-electron chi connectivity index (χ3n) is 3.44. The Bertz CT molecular complexity index is 549. The molecule has 0 spiro atoms. The molecule has 1 aromatic rings. The number of hydrogen-bond donors (Lipinski definition) is 1. The van der Waals surface area contributed by atoms with Crippen molar-refractivity contribution in [3.8, 4) is 0 Å². The van der Waals surface area contributed by atoms with E-state index in [4.69, 9.17) is 16.7 Å². The Kier molecular flexibility index (Phi) is 4.06. The fourth-order valence-electron chi connectivity index (χ4n) is 2.12. The Morgan fingerprint density at radius 2 is 2.16 bits per heavy atom. The van der Waals surface area contributed by atoms with Gasteiger partial charge < -0.3 is 10.0 Å². The lowest BCUT2D eigenvalue weighted by molar-refractivity contribution is -0.147. The molecule has 4 nitrogen and oxygen atoms in total. The normalized spacial score (nSPS) is 22.6. The summed E-state index contributed by atoms with van der Waals surface area (Å²) in [5, 5.41) is 9.70. The molecular weight excluding hydrogens is 381 g/mol. The lowest BCUT2D eigenvalue weighted by atomic mass is 9.90. The van der Waals surface area contributed by atoms with Crippen LogP contribution < -0.4 is 0 Å². The van der Waals surface area contributed by atoms with Crippen LogP contribution in [0.3, 0.4) is 0 Å². The molecule has 1 saturated heterocycles. The third kappa shape index (κ3) is 2.86. The van der Waals surface area contributed by atoms with E-state index < -0.39 is 11.4 Å². The molecule has 0 aliphatic carbocycles. The average Bonchev–Trinajstić information content (AvgIpc) is 2.76. The maximum absolute atomic E-state index is 12.3. The third-order valence-corrected chi connectivity index (χ3v) is 5.02. The van der Waals surface area contributed by atoms with Gasteiger partial charge in [-0.3, -0.25) is 9.59 Å². The molecule has 1 fully saturated rings. The maximum Gasteiger partial charge on any atom is 0.311 e. The van der Waals surface area contributed by atoms with Gasteiger partial charge in [0.25, 0.3) is 5.91 Å². The zero-order valence-electron chi connectivity index (χ0n) is 10.3. The monoisotopic (exact) mass is 393 g/mol. The van der Waals surface area contributed by atoms with Gasteiger partial charge in [0.1, 0.15) is 0 Å². The van der Waals surface area contributed by atoms with E-state index in [1.54, 1.807) is 30.0 Å². The highest BCUT2D eigenvalue weighted by Crippen LogP contribution is 2.31. The summed E-state index contributed by atoms with van der Waals surface area (Å²) >= 11 is 8.09. The predicted octanol–water partition coefficient (Wildman–Crippen LogP) is 2.88. The minimum Gasteiger partial charge on any atom is -0.481 e. The highest BCUT2D eigenvalue weighted by molar-refractivity contribution is 14.1. The number of carbonyl (C=O) groups is 2. The molecule has 0 radical (unpaired) electrons. The van der Waals surface area contributed by atoms with Crippen LogP contribution in [-0.4, -0.2) is 35.0 Å². The summed E-state index contributed by atoms with van der Waals surface area (Å²) < 4.78 is 0.882. The molecule has 1 N–H and O–H groups in total. The number of benzene rings is 1. The molecule has 6 heteroatoms. The van der Waals surface area contributed by atoms with Crippen LogP contribution in [0, 0.1) is 8.99 Å². The molecule has 1 aliphatic heterocycles. The van der Waals surface area contributed by atoms with Crippen molar-refractivity contribution in [2.75, 3.05) is 13.1 Å². The first-order chi connectivity index (χ1) is 8.83. The predicted molar refractivity (Wildman–Crippen MR) is 80.4 cm³/mol. The molecule has 0 aromatic heterocycles. The van der Waals surface area contributed by atoms with Gasteiger partial charge in [-0.05, 0) is 54.1 Å².